The molecule has 0 aromatic heterocycles. The van der Waals surface area contributed by atoms with Crippen molar-refractivity contribution in [1.29, 1.82) is 0 Å². The summed E-state index contributed by atoms with van der Waals surface area (Å²) in [4.78, 5) is 15.4. The van der Waals surface area contributed by atoms with Gasteiger partial charge >= 0.3 is 5.97 Å². The number of carbonyl (C=O) groups is 1. The molecule has 0 heterocycles. The zero-order chi connectivity index (χ0) is 20.0. The van der Waals surface area contributed by atoms with Crippen LogP contribution in [0, 0.1) is 12.8 Å². The molecule has 4 nitrogen and oxygen atoms in total. The second-order valence-electron chi connectivity index (χ2n) is 6.68. The molecule has 0 bridgehead atoms. The van der Waals surface area contributed by atoms with Crippen LogP contribution in [0.3, 0.4) is 0 Å². The van der Waals surface area contributed by atoms with Crippen LogP contribution < -0.4 is 0 Å². The molecule has 2 aromatic rings. The first kappa shape index (κ1) is 21.3. The van der Waals surface area contributed by atoms with Gasteiger partial charge in [0.25, 0.3) is 0 Å². The van der Waals surface area contributed by atoms with Crippen molar-refractivity contribution >= 4 is 34.9 Å². The predicted octanol–water partition coefficient (Wildman–Crippen LogP) is 5.74. The summed E-state index contributed by atoms with van der Waals surface area (Å²) in [5.74, 6) is -0.399. The molecule has 2 N–H and O–H groups in total. The Labute approximate surface area is 169 Å². The number of hydrogen-bond acceptors (Lipinski definition) is 3. The van der Waals surface area contributed by atoms with Crippen molar-refractivity contribution in [2.75, 3.05) is 6.54 Å². The third-order valence-corrected chi connectivity index (χ3v) is 4.85. The van der Waals surface area contributed by atoms with Crippen LogP contribution in [0.5, 0.6) is 5.75 Å². The molecule has 6 heteroatoms. The number of halogens is 2. The lowest BCUT2D eigenvalue weighted by Crippen LogP contribution is -2.08. The molecule has 27 heavy (non-hydrogen) atoms. The lowest BCUT2D eigenvalue weighted by atomic mass is 9.98. The van der Waals surface area contributed by atoms with Gasteiger partial charge < -0.3 is 10.2 Å². The molecule has 1 atom stereocenters. The minimum Gasteiger partial charge on any atom is -0.507 e. The molecule has 0 saturated carbocycles. The van der Waals surface area contributed by atoms with Gasteiger partial charge in [0.2, 0.25) is 0 Å². The fourth-order valence-corrected chi connectivity index (χ4v) is 3.17. The van der Waals surface area contributed by atoms with Crippen molar-refractivity contribution in [2.24, 2.45) is 10.9 Å². The number of aliphatic imine (C=N–C) groups is 1. The van der Waals surface area contributed by atoms with Crippen LogP contribution in [-0.2, 0) is 4.79 Å². The van der Waals surface area contributed by atoms with E-state index >= 15 is 0 Å². The molecule has 1 unspecified atom stereocenters. The number of nitrogens with zero attached hydrogens (tertiary/aromatic N) is 1. The minimum atomic E-state index is -0.786. The molecule has 0 amide bonds. The van der Waals surface area contributed by atoms with Crippen molar-refractivity contribution in [3.05, 3.63) is 63.1 Å². The highest BCUT2D eigenvalue weighted by molar-refractivity contribution is 6.32. The number of phenolic OH excluding ortho intramolecular Hbond substituents is 1. The van der Waals surface area contributed by atoms with E-state index in [2.05, 4.69) is 0 Å². The summed E-state index contributed by atoms with van der Waals surface area (Å²) >= 11 is 12.2. The minimum absolute atomic E-state index is 0.145. The van der Waals surface area contributed by atoms with Crippen molar-refractivity contribution in [1.82, 2.24) is 0 Å². The van der Waals surface area contributed by atoms with Gasteiger partial charge in [-0.1, -0.05) is 42.3 Å². The van der Waals surface area contributed by atoms with E-state index in [1.807, 2.05) is 19.1 Å². The maximum absolute atomic E-state index is 10.7. The molecule has 2 aromatic carbocycles. The average Bonchev–Trinajstić information content (AvgIpc) is 2.61. The van der Waals surface area contributed by atoms with E-state index in [1.54, 1.807) is 31.2 Å². The molecule has 0 aliphatic rings. The van der Waals surface area contributed by atoms with Gasteiger partial charge in [-0.3, -0.25) is 9.79 Å². The zero-order valence-corrected chi connectivity index (χ0v) is 16.9. The Morgan fingerprint density at radius 1 is 1.11 bits per heavy atom. The van der Waals surface area contributed by atoms with Crippen LogP contribution >= 0.6 is 23.2 Å². The number of rotatable bonds is 8. The van der Waals surface area contributed by atoms with Crippen molar-refractivity contribution in [3.63, 3.8) is 0 Å². The Morgan fingerprint density at radius 2 is 1.78 bits per heavy atom. The first-order valence-electron chi connectivity index (χ1n) is 8.79. The summed E-state index contributed by atoms with van der Waals surface area (Å²) in [5, 5.41) is 20.5. The molecule has 0 saturated heterocycles. The maximum atomic E-state index is 10.7. The molecule has 144 valence electrons. The summed E-state index contributed by atoms with van der Waals surface area (Å²) in [6, 6.07) is 10.7. The van der Waals surface area contributed by atoms with Gasteiger partial charge in [-0.05, 0) is 55.5 Å². The quantitative estimate of drug-likeness (QED) is 0.548. The molecule has 0 aliphatic carbocycles. The number of carboxylic acid groups (broad SMARTS) is 1. The Morgan fingerprint density at radius 3 is 2.41 bits per heavy atom. The molecule has 0 fully saturated rings. The maximum Gasteiger partial charge on any atom is 0.303 e. The van der Waals surface area contributed by atoms with Crippen LogP contribution in [0.4, 0.5) is 0 Å². The smallest absolute Gasteiger partial charge is 0.303 e. The number of aromatic hydroxyl groups is 1. The van der Waals surface area contributed by atoms with Gasteiger partial charge in [-0.25, -0.2) is 0 Å². The lowest BCUT2D eigenvalue weighted by Gasteiger charge is -2.13. The van der Waals surface area contributed by atoms with E-state index in [-0.39, 0.29) is 18.1 Å². The third-order valence-electron chi connectivity index (χ3n) is 4.38. The van der Waals surface area contributed by atoms with Crippen LogP contribution in [0.2, 0.25) is 10.0 Å². The zero-order valence-electron chi connectivity index (χ0n) is 15.4. The molecular weight excluding hydrogens is 385 g/mol. The predicted molar refractivity (Wildman–Crippen MR) is 110 cm³/mol. The fraction of sp³-hybridized carbons (Fsp3) is 0.333. The van der Waals surface area contributed by atoms with Crippen molar-refractivity contribution in [2.45, 2.75) is 33.1 Å². The van der Waals surface area contributed by atoms with Crippen LogP contribution in [-0.4, -0.2) is 28.4 Å². The van der Waals surface area contributed by atoms with E-state index in [1.165, 1.54) is 0 Å². The molecular formula is C21H23Cl2NO3. The standard InChI is InChI=1S/C21H23Cl2NO3/c1-13(3-8-19(25)26)9-10-24-20(15-4-6-16(22)7-5-15)18-12-17(23)11-14(2)21(18)27/h4-7,11-13,27H,3,8-10H2,1-2H3,(H,25,26). The number of aryl methyl sites for hydroxylation is 1. The second kappa shape index (κ2) is 9.77. The van der Waals surface area contributed by atoms with Gasteiger partial charge in [0.15, 0.2) is 0 Å². The average molecular weight is 408 g/mol. The largest absolute Gasteiger partial charge is 0.507 e. The van der Waals surface area contributed by atoms with Crippen molar-refractivity contribution in [3.8, 4) is 5.75 Å². The first-order valence-corrected chi connectivity index (χ1v) is 9.55. The molecule has 0 radical (unpaired) electrons. The number of phenols is 1. The van der Waals surface area contributed by atoms with Crippen LogP contribution in [0.25, 0.3) is 0 Å². The summed E-state index contributed by atoms with van der Waals surface area (Å²) in [7, 11) is 0. The van der Waals surface area contributed by atoms with Crippen LogP contribution in [0.15, 0.2) is 41.4 Å². The van der Waals surface area contributed by atoms with Gasteiger partial charge in [-0.15, -0.1) is 0 Å². The number of hydrogen-bond donors (Lipinski definition) is 2. The normalized spacial score (nSPS) is 12.8. The molecule has 0 aliphatic heterocycles. The SMILES string of the molecule is Cc1cc(Cl)cc(C(=NCCC(C)CCC(=O)O)c2ccc(Cl)cc2)c1O. The van der Waals surface area contributed by atoms with Gasteiger partial charge in [0.1, 0.15) is 5.75 Å². The number of benzene rings is 2. The lowest BCUT2D eigenvalue weighted by molar-refractivity contribution is -0.137. The highest BCUT2D eigenvalue weighted by atomic mass is 35.5. The highest BCUT2D eigenvalue weighted by Gasteiger charge is 2.15. The molecule has 0 spiro atoms. The van der Waals surface area contributed by atoms with Gasteiger partial charge in [-0.2, -0.15) is 0 Å². The summed E-state index contributed by atoms with van der Waals surface area (Å²) in [6.45, 7) is 4.32. The Balaban J connectivity index is 2.31. The van der Waals surface area contributed by atoms with E-state index in [4.69, 9.17) is 33.3 Å². The Kier molecular flexibility index (Phi) is 7.69. The van der Waals surface area contributed by atoms with Gasteiger partial charge in [0, 0.05) is 34.1 Å². The van der Waals surface area contributed by atoms with E-state index in [0.717, 1.165) is 12.0 Å². The summed E-state index contributed by atoms with van der Waals surface area (Å²) in [5.41, 5.74) is 2.71. The Bertz CT molecular complexity index is 832. The van der Waals surface area contributed by atoms with E-state index < -0.39 is 5.97 Å². The topological polar surface area (TPSA) is 69.9 Å². The van der Waals surface area contributed by atoms with Crippen molar-refractivity contribution < 1.29 is 15.0 Å². The Hall–Kier alpha value is -2.04. The fourth-order valence-electron chi connectivity index (χ4n) is 2.77. The summed E-state index contributed by atoms with van der Waals surface area (Å²) in [6.07, 6.45) is 1.52. The van der Waals surface area contributed by atoms with E-state index in [9.17, 15) is 9.90 Å². The second-order valence-corrected chi connectivity index (χ2v) is 7.56. The molecule has 2 rings (SSSR count). The number of aliphatic carboxylic acids is 1. The highest BCUT2D eigenvalue weighted by Crippen LogP contribution is 2.29. The van der Waals surface area contributed by atoms with Gasteiger partial charge in [0.05, 0.1) is 5.71 Å². The third kappa shape index (κ3) is 6.26. The van der Waals surface area contributed by atoms with Crippen LogP contribution in [0.1, 0.15) is 42.9 Å². The summed E-state index contributed by atoms with van der Waals surface area (Å²) < 4.78 is 0. The number of carboxylic acids is 1. The first-order chi connectivity index (χ1) is 12.8. The van der Waals surface area contributed by atoms with E-state index in [0.29, 0.717) is 39.8 Å². The monoisotopic (exact) mass is 407 g/mol.